The summed E-state index contributed by atoms with van der Waals surface area (Å²) in [6, 6.07) is 7.74. The van der Waals surface area contributed by atoms with Crippen molar-refractivity contribution in [3.8, 4) is 11.4 Å². The fourth-order valence-corrected chi connectivity index (χ4v) is 3.20. The highest BCUT2D eigenvalue weighted by atomic mass is 16.2. The van der Waals surface area contributed by atoms with Gasteiger partial charge in [0.1, 0.15) is 12.6 Å². The summed E-state index contributed by atoms with van der Waals surface area (Å²) >= 11 is 0. The molecule has 4 rings (SSSR count). The van der Waals surface area contributed by atoms with Crippen LogP contribution in [0.5, 0.6) is 0 Å². The zero-order chi connectivity index (χ0) is 18.1. The smallest absolute Gasteiger partial charge is 0.246 e. The molecule has 1 unspecified atom stereocenters. The molecule has 1 aliphatic heterocycles. The molecule has 0 radical (unpaired) electrons. The molecule has 2 fully saturated rings. The van der Waals surface area contributed by atoms with E-state index in [1.807, 2.05) is 31.2 Å². The second-order valence-corrected chi connectivity index (χ2v) is 7.04. The van der Waals surface area contributed by atoms with Gasteiger partial charge in [0, 0.05) is 18.2 Å². The molecule has 2 heterocycles. The van der Waals surface area contributed by atoms with Crippen LogP contribution in [0.3, 0.4) is 0 Å². The molecule has 8 heteroatoms. The number of amides is 2. The van der Waals surface area contributed by atoms with Crippen molar-refractivity contribution in [3.05, 3.63) is 29.8 Å². The van der Waals surface area contributed by atoms with Crippen molar-refractivity contribution in [1.82, 2.24) is 30.4 Å². The highest BCUT2D eigenvalue weighted by Gasteiger charge is 2.36. The Bertz CT molecular complexity index is 811. The zero-order valence-corrected chi connectivity index (χ0v) is 14.8. The summed E-state index contributed by atoms with van der Waals surface area (Å²) in [6.45, 7) is 2.60. The minimum Gasteiger partial charge on any atom is -0.352 e. The number of likely N-dealkylation sites (tertiary alicyclic amines) is 1. The number of hydrogen-bond acceptors (Lipinski definition) is 5. The number of rotatable bonds is 5. The first kappa shape index (κ1) is 16.7. The number of tetrazole rings is 1. The Morgan fingerprint density at radius 3 is 2.69 bits per heavy atom. The van der Waals surface area contributed by atoms with E-state index >= 15 is 0 Å². The number of benzene rings is 1. The van der Waals surface area contributed by atoms with Gasteiger partial charge in [0.2, 0.25) is 17.6 Å². The van der Waals surface area contributed by atoms with Crippen molar-refractivity contribution in [1.29, 1.82) is 0 Å². The lowest BCUT2D eigenvalue weighted by atomic mass is 10.1. The lowest BCUT2D eigenvalue weighted by molar-refractivity contribution is -0.139. The van der Waals surface area contributed by atoms with Crippen LogP contribution in [0.2, 0.25) is 0 Å². The summed E-state index contributed by atoms with van der Waals surface area (Å²) in [6.07, 6.45) is 3.63. The number of nitrogens with one attached hydrogen (secondary N) is 1. The van der Waals surface area contributed by atoms with Crippen LogP contribution in [0.1, 0.15) is 31.2 Å². The Labute approximate surface area is 151 Å². The number of carbonyl (C=O) groups is 2. The van der Waals surface area contributed by atoms with Crippen molar-refractivity contribution in [2.24, 2.45) is 0 Å². The Kier molecular flexibility index (Phi) is 4.40. The largest absolute Gasteiger partial charge is 0.352 e. The van der Waals surface area contributed by atoms with Gasteiger partial charge in [-0.25, -0.2) is 0 Å². The first-order valence-corrected chi connectivity index (χ1v) is 9.05. The van der Waals surface area contributed by atoms with Crippen molar-refractivity contribution >= 4 is 11.8 Å². The standard InChI is InChI=1S/C18H22N6O2/c1-12-4-6-13(7-5-12)17-20-22-24(21-17)11-16(25)23-10-2-3-15(23)18(26)19-14-8-9-14/h4-7,14-15H,2-3,8-11H2,1H3,(H,19,26). The van der Waals surface area contributed by atoms with Gasteiger partial charge in [-0.15, -0.1) is 10.2 Å². The zero-order valence-electron chi connectivity index (χ0n) is 14.8. The number of carbonyl (C=O) groups excluding carboxylic acids is 2. The molecule has 0 bridgehead atoms. The summed E-state index contributed by atoms with van der Waals surface area (Å²) < 4.78 is 0. The van der Waals surface area contributed by atoms with E-state index < -0.39 is 0 Å². The number of aromatic nitrogens is 4. The van der Waals surface area contributed by atoms with Crippen molar-refractivity contribution < 1.29 is 9.59 Å². The van der Waals surface area contributed by atoms with Crippen LogP contribution >= 0.6 is 0 Å². The number of aryl methyl sites for hydroxylation is 1. The molecule has 2 aliphatic rings. The fraction of sp³-hybridized carbons (Fsp3) is 0.500. The van der Waals surface area contributed by atoms with Crippen LogP contribution in [0.4, 0.5) is 0 Å². The summed E-state index contributed by atoms with van der Waals surface area (Å²) in [5.41, 5.74) is 2.01. The minimum absolute atomic E-state index is 0.00787. The van der Waals surface area contributed by atoms with Crippen LogP contribution in [-0.2, 0) is 16.1 Å². The third-order valence-electron chi connectivity index (χ3n) is 4.84. The van der Waals surface area contributed by atoms with Crippen LogP contribution in [-0.4, -0.2) is 55.5 Å². The Hall–Kier alpha value is -2.77. The molecule has 0 spiro atoms. The van der Waals surface area contributed by atoms with Gasteiger partial charge >= 0.3 is 0 Å². The molecule has 2 amide bonds. The Morgan fingerprint density at radius 2 is 1.96 bits per heavy atom. The Balaban J connectivity index is 1.41. The minimum atomic E-state index is -0.372. The van der Waals surface area contributed by atoms with E-state index in [1.165, 1.54) is 4.80 Å². The van der Waals surface area contributed by atoms with Gasteiger partial charge in [-0.3, -0.25) is 9.59 Å². The lowest BCUT2D eigenvalue weighted by Gasteiger charge is -2.23. The molecule has 2 aromatic rings. The Morgan fingerprint density at radius 1 is 1.19 bits per heavy atom. The third kappa shape index (κ3) is 3.58. The van der Waals surface area contributed by atoms with Crippen molar-refractivity contribution in [2.45, 2.75) is 51.2 Å². The molecule has 1 saturated heterocycles. The SMILES string of the molecule is Cc1ccc(-c2nnn(CC(=O)N3CCCC3C(=O)NC3CC3)n2)cc1. The van der Waals surface area contributed by atoms with E-state index in [0.29, 0.717) is 24.8 Å². The summed E-state index contributed by atoms with van der Waals surface area (Å²) in [7, 11) is 0. The van der Waals surface area contributed by atoms with E-state index in [4.69, 9.17) is 0 Å². The van der Waals surface area contributed by atoms with Crippen molar-refractivity contribution in [2.75, 3.05) is 6.54 Å². The van der Waals surface area contributed by atoms with Gasteiger partial charge in [-0.1, -0.05) is 29.8 Å². The van der Waals surface area contributed by atoms with E-state index in [0.717, 1.165) is 30.4 Å². The molecule has 1 saturated carbocycles. The highest BCUT2D eigenvalue weighted by Crippen LogP contribution is 2.22. The molecule has 1 aromatic heterocycles. The second kappa shape index (κ2) is 6.86. The van der Waals surface area contributed by atoms with Crippen LogP contribution in [0, 0.1) is 6.92 Å². The van der Waals surface area contributed by atoms with Crippen LogP contribution in [0.15, 0.2) is 24.3 Å². The molecule has 1 atom stereocenters. The van der Waals surface area contributed by atoms with E-state index in [2.05, 4.69) is 20.7 Å². The average Bonchev–Trinajstić information content (AvgIpc) is 3.12. The molecule has 26 heavy (non-hydrogen) atoms. The third-order valence-corrected chi connectivity index (χ3v) is 4.84. The van der Waals surface area contributed by atoms with Gasteiger partial charge in [-0.2, -0.15) is 4.80 Å². The first-order chi connectivity index (χ1) is 12.6. The summed E-state index contributed by atoms with van der Waals surface area (Å²) in [4.78, 5) is 27.9. The van der Waals surface area contributed by atoms with E-state index in [1.54, 1.807) is 4.90 Å². The van der Waals surface area contributed by atoms with Gasteiger partial charge < -0.3 is 10.2 Å². The number of nitrogens with zero attached hydrogens (tertiary/aromatic N) is 5. The number of hydrogen-bond donors (Lipinski definition) is 1. The van der Waals surface area contributed by atoms with E-state index in [-0.39, 0.29) is 24.4 Å². The molecule has 136 valence electrons. The van der Waals surface area contributed by atoms with Gasteiger partial charge in [-0.05, 0) is 37.8 Å². The summed E-state index contributed by atoms with van der Waals surface area (Å²) in [5.74, 6) is 0.304. The fourth-order valence-electron chi connectivity index (χ4n) is 3.20. The molecule has 1 aromatic carbocycles. The second-order valence-electron chi connectivity index (χ2n) is 7.04. The normalized spacial score (nSPS) is 19.6. The lowest BCUT2D eigenvalue weighted by Crippen LogP contribution is -2.47. The maximum absolute atomic E-state index is 12.6. The molecule has 1 N–H and O–H groups in total. The van der Waals surface area contributed by atoms with Gasteiger partial charge in [0.05, 0.1) is 0 Å². The monoisotopic (exact) mass is 354 g/mol. The predicted octanol–water partition coefficient (Wildman–Crippen LogP) is 0.918. The quantitative estimate of drug-likeness (QED) is 0.862. The van der Waals surface area contributed by atoms with Gasteiger partial charge in [0.15, 0.2) is 0 Å². The predicted molar refractivity (Wildman–Crippen MR) is 93.9 cm³/mol. The molecule has 8 nitrogen and oxygen atoms in total. The first-order valence-electron chi connectivity index (χ1n) is 9.05. The molecular formula is C18H22N6O2. The van der Waals surface area contributed by atoms with E-state index in [9.17, 15) is 9.59 Å². The highest BCUT2D eigenvalue weighted by molar-refractivity contribution is 5.88. The average molecular weight is 354 g/mol. The topological polar surface area (TPSA) is 93.0 Å². The van der Waals surface area contributed by atoms with Crippen molar-refractivity contribution in [3.63, 3.8) is 0 Å². The summed E-state index contributed by atoms with van der Waals surface area (Å²) in [5, 5.41) is 15.3. The van der Waals surface area contributed by atoms with Crippen LogP contribution in [0.25, 0.3) is 11.4 Å². The molecular weight excluding hydrogens is 332 g/mol. The maximum Gasteiger partial charge on any atom is 0.246 e. The molecule has 1 aliphatic carbocycles. The van der Waals surface area contributed by atoms with Gasteiger partial charge in [0.25, 0.3) is 0 Å². The van der Waals surface area contributed by atoms with Crippen LogP contribution < -0.4 is 5.32 Å². The maximum atomic E-state index is 12.6.